The minimum atomic E-state index is -0.330. The molecule has 0 aliphatic carbocycles. The van der Waals surface area contributed by atoms with Crippen LogP contribution in [0.2, 0.25) is 0 Å². The fourth-order valence-electron chi connectivity index (χ4n) is 2.01. The van der Waals surface area contributed by atoms with E-state index in [9.17, 15) is 0 Å². The van der Waals surface area contributed by atoms with Crippen molar-refractivity contribution in [1.82, 2.24) is 0 Å². The lowest BCUT2D eigenvalue weighted by Gasteiger charge is -2.13. The minimum Gasteiger partial charge on any atom is -0.352 e. The van der Waals surface area contributed by atoms with Gasteiger partial charge in [0.1, 0.15) is 0 Å². The largest absolute Gasteiger partial charge is 0.352 e. The zero-order valence-electron chi connectivity index (χ0n) is 12.1. The van der Waals surface area contributed by atoms with Crippen molar-refractivity contribution in [3.05, 3.63) is 65.2 Å². The van der Waals surface area contributed by atoms with Crippen molar-refractivity contribution >= 4 is 11.8 Å². The van der Waals surface area contributed by atoms with Gasteiger partial charge in [-0.25, -0.2) is 0 Å². The molecule has 0 radical (unpaired) electrons. The van der Waals surface area contributed by atoms with Crippen molar-refractivity contribution < 1.29 is 9.47 Å². The van der Waals surface area contributed by atoms with Crippen molar-refractivity contribution in [3.63, 3.8) is 0 Å². The van der Waals surface area contributed by atoms with Crippen LogP contribution in [0.3, 0.4) is 0 Å². The summed E-state index contributed by atoms with van der Waals surface area (Å²) in [6.07, 6.45) is -0.330. The second kappa shape index (κ2) is 7.84. The van der Waals surface area contributed by atoms with Crippen molar-refractivity contribution in [1.29, 1.82) is 5.26 Å². The number of hydrogen-bond donors (Lipinski definition) is 0. The molecular weight excluding hydrogens is 282 g/mol. The molecule has 0 amide bonds. The van der Waals surface area contributed by atoms with Crippen LogP contribution in [0.5, 0.6) is 0 Å². The van der Waals surface area contributed by atoms with Crippen molar-refractivity contribution in [2.75, 3.05) is 14.2 Å². The lowest BCUT2D eigenvalue weighted by Crippen LogP contribution is -2.02. The monoisotopic (exact) mass is 299 g/mol. The van der Waals surface area contributed by atoms with Gasteiger partial charge in [0.25, 0.3) is 0 Å². The molecule has 0 fully saturated rings. The quantitative estimate of drug-likeness (QED) is 0.594. The van der Waals surface area contributed by atoms with Crippen LogP contribution in [0, 0.1) is 11.3 Å². The number of nitrogens with zero attached hydrogens (tertiary/aromatic N) is 1. The molecule has 21 heavy (non-hydrogen) atoms. The second-order valence-electron chi connectivity index (χ2n) is 4.43. The van der Waals surface area contributed by atoms with Gasteiger partial charge in [-0.3, -0.25) is 0 Å². The summed E-state index contributed by atoms with van der Waals surface area (Å²) in [4.78, 5) is 1.15. The van der Waals surface area contributed by atoms with Crippen LogP contribution in [-0.4, -0.2) is 14.2 Å². The van der Waals surface area contributed by atoms with E-state index in [4.69, 9.17) is 14.7 Å². The number of thioether (sulfide) groups is 1. The summed E-state index contributed by atoms with van der Waals surface area (Å²) in [5.74, 6) is 0.779. The van der Waals surface area contributed by atoms with E-state index in [1.165, 1.54) is 0 Å². The Morgan fingerprint density at radius 1 is 1.05 bits per heavy atom. The summed E-state index contributed by atoms with van der Waals surface area (Å²) in [7, 11) is 3.24. The van der Waals surface area contributed by atoms with Crippen LogP contribution < -0.4 is 0 Å². The summed E-state index contributed by atoms with van der Waals surface area (Å²) in [5.41, 5.74) is 2.78. The van der Waals surface area contributed by atoms with Crippen LogP contribution in [0.1, 0.15) is 23.0 Å². The van der Waals surface area contributed by atoms with Crippen LogP contribution in [0.15, 0.2) is 53.4 Å². The Morgan fingerprint density at radius 3 is 2.33 bits per heavy atom. The maximum Gasteiger partial charge on any atom is 0.183 e. The first kappa shape index (κ1) is 15.6. The zero-order valence-corrected chi connectivity index (χ0v) is 12.9. The Kier molecular flexibility index (Phi) is 5.82. The van der Waals surface area contributed by atoms with Crippen LogP contribution in [0.25, 0.3) is 0 Å². The number of methoxy groups -OCH3 is 2. The Labute approximate surface area is 129 Å². The summed E-state index contributed by atoms with van der Waals surface area (Å²) >= 11 is 1.71. The third-order valence-corrected chi connectivity index (χ3v) is 4.17. The van der Waals surface area contributed by atoms with Gasteiger partial charge in [0.2, 0.25) is 0 Å². The van der Waals surface area contributed by atoms with Gasteiger partial charge in [0.15, 0.2) is 6.29 Å². The first-order valence-electron chi connectivity index (χ1n) is 6.55. The van der Waals surface area contributed by atoms with Gasteiger partial charge in [0.05, 0.1) is 11.6 Å². The smallest absolute Gasteiger partial charge is 0.183 e. The molecule has 2 aromatic carbocycles. The van der Waals surface area contributed by atoms with Gasteiger partial charge in [-0.1, -0.05) is 30.3 Å². The molecule has 2 aromatic rings. The van der Waals surface area contributed by atoms with E-state index in [2.05, 4.69) is 6.07 Å². The highest BCUT2D eigenvalue weighted by atomic mass is 32.2. The molecule has 0 aliphatic heterocycles. The minimum absolute atomic E-state index is 0.330. The first-order valence-corrected chi connectivity index (χ1v) is 7.53. The van der Waals surface area contributed by atoms with Crippen molar-refractivity contribution in [2.24, 2.45) is 0 Å². The van der Waals surface area contributed by atoms with Crippen molar-refractivity contribution in [2.45, 2.75) is 16.9 Å². The number of benzene rings is 2. The maximum atomic E-state index is 9.08. The average Bonchev–Trinajstić information content (AvgIpc) is 2.55. The molecule has 0 aliphatic rings. The van der Waals surface area contributed by atoms with Crippen molar-refractivity contribution in [3.8, 4) is 6.07 Å². The molecule has 0 aromatic heterocycles. The van der Waals surface area contributed by atoms with E-state index in [0.717, 1.165) is 27.3 Å². The third kappa shape index (κ3) is 4.08. The third-order valence-electron chi connectivity index (χ3n) is 3.11. The summed E-state index contributed by atoms with van der Waals surface area (Å²) < 4.78 is 10.4. The summed E-state index contributed by atoms with van der Waals surface area (Å²) in [5, 5.41) is 9.08. The number of rotatable bonds is 6. The predicted octanol–water partition coefficient (Wildman–Crippen LogP) is 4.14. The molecule has 3 nitrogen and oxygen atoms in total. The first-order chi connectivity index (χ1) is 10.3. The number of hydrogen-bond acceptors (Lipinski definition) is 4. The van der Waals surface area contributed by atoms with E-state index in [0.29, 0.717) is 0 Å². The molecule has 0 saturated heterocycles. The Balaban J connectivity index is 2.03. The summed E-state index contributed by atoms with van der Waals surface area (Å²) in [6, 6.07) is 18.0. The van der Waals surface area contributed by atoms with E-state index in [1.807, 2.05) is 48.5 Å². The van der Waals surface area contributed by atoms with Gasteiger partial charge in [0, 0.05) is 30.4 Å². The Bertz CT molecular complexity index is 615. The van der Waals surface area contributed by atoms with Gasteiger partial charge in [-0.15, -0.1) is 11.8 Å². The lowest BCUT2D eigenvalue weighted by molar-refractivity contribution is -0.106. The Hall–Kier alpha value is -1.80. The van der Waals surface area contributed by atoms with E-state index < -0.39 is 0 Å². The standard InChI is InChI=1S/C17H17NO2S/c1-19-17(20-2)13-7-9-16(10-8-13)21-12-15-6-4-3-5-14(15)11-18/h3-10,17H,12H2,1-2H3. The van der Waals surface area contributed by atoms with Crippen LogP contribution in [0.4, 0.5) is 0 Å². The van der Waals surface area contributed by atoms with E-state index in [-0.39, 0.29) is 6.29 Å². The highest BCUT2D eigenvalue weighted by Gasteiger charge is 2.08. The zero-order chi connectivity index (χ0) is 15.1. The van der Waals surface area contributed by atoms with Gasteiger partial charge in [-0.2, -0.15) is 5.26 Å². The highest BCUT2D eigenvalue weighted by molar-refractivity contribution is 7.98. The molecule has 0 saturated carbocycles. The normalized spacial score (nSPS) is 10.6. The fraction of sp³-hybridized carbons (Fsp3) is 0.235. The summed E-state index contributed by atoms with van der Waals surface area (Å²) in [6.45, 7) is 0. The van der Waals surface area contributed by atoms with E-state index in [1.54, 1.807) is 26.0 Å². The predicted molar refractivity (Wildman–Crippen MR) is 83.9 cm³/mol. The van der Waals surface area contributed by atoms with Crippen LogP contribution in [-0.2, 0) is 15.2 Å². The SMILES string of the molecule is COC(OC)c1ccc(SCc2ccccc2C#N)cc1. The van der Waals surface area contributed by atoms with Crippen LogP contribution >= 0.6 is 11.8 Å². The second-order valence-corrected chi connectivity index (χ2v) is 5.48. The molecule has 2 rings (SSSR count). The Morgan fingerprint density at radius 2 is 1.71 bits per heavy atom. The van der Waals surface area contributed by atoms with Gasteiger partial charge < -0.3 is 9.47 Å². The molecule has 0 unspecified atom stereocenters. The number of ether oxygens (including phenoxy) is 2. The molecule has 108 valence electrons. The average molecular weight is 299 g/mol. The molecule has 0 atom stereocenters. The molecule has 0 heterocycles. The highest BCUT2D eigenvalue weighted by Crippen LogP contribution is 2.26. The maximum absolute atomic E-state index is 9.08. The molecule has 4 heteroatoms. The fourth-order valence-corrected chi connectivity index (χ4v) is 2.91. The van der Waals surface area contributed by atoms with Gasteiger partial charge in [-0.05, 0) is 23.8 Å². The van der Waals surface area contributed by atoms with E-state index >= 15 is 0 Å². The topological polar surface area (TPSA) is 42.2 Å². The molecule has 0 N–H and O–H groups in total. The molecule has 0 bridgehead atoms. The lowest BCUT2D eigenvalue weighted by atomic mass is 10.1. The molecule has 0 spiro atoms. The molecular formula is C17H17NO2S. The van der Waals surface area contributed by atoms with Gasteiger partial charge >= 0.3 is 0 Å². The number of nitriles is 1.